The molecule has 2 aliphatic heterocycles. The van der Waals surface area contributed by atoms with Crippen LogP contribution in [-0.2, 0) is 23.9 Å². The SMILES string of the molecule is O=C(CC[C@H](NC(=O)c1cc(OCC(=O)N2CCC[C@H]2C(=O)NC2CCC2)n(-c2ccccc2)n1)C(=O)N1CCN(C(=O)O)CC1)OC1CCC1. The molecule has 1 aromatic heterocycles. The summed E-state index contributed by atoms with van der Waals surface area (Å²) in [5, 5.41) is 19.5. The number of nitrogens with one attached hydrogen (secondary N) is 2. The zero-order chi connectivity index (χ0) is 35.9. The van der Waals surface area contributed by atoms with Crippen molar-refractivity contribution in [2.75, 3.05) is 39.3 Å². The lowest BCUT2D eigenvalue weighted by atomic mass is 9.93. The summed E-state index contributed by atoms with van der Waals surface area (Å²) in [5.74, 6) is -2.03. The van der Waals surface area contributed by atoms with Crippen LogP contribution in [0.4, 0.5) is 4.79 Å². The molecule has 3 N–H and O–H groups in total. The van der Waals surface area contributed by atoms with Crippen LogP contribution in [0.1, 0.15) is 74.7 Å². The van der Waals surface area contributed by atoms with E-state index in [0.717, 1.165) is 38.5 Å². The Balaban J connectivity index is 1.15. The third-order valence-electron chi connectivity index (χ3n) is 10.0. The fourth-order valence-electron chi connectivity index (χ4n) is 6.56. The predicted molar refractivity (Wildman–Crippen MR) is 180 cm³/mol. The van der Waals surface area contributed by atoms with Crippen LogP contribution in [0.3, 0.4) is 0 Å². The average Bonchev–Trinajstić information content (AvgIpc) is 3.77. The minimum atomic E-state index is -1.12. The zero-order valence-electron chi connectivity index (χ0n) is 28.5. The summed E-state index contributed by atoms with van der Waals surface area (Å²) < 4.78 is 12.8. The normalized spacial score (nSPS) is 19.8. The van der Waals surface area contributed by atoms with E-state index in [4.69, 9.17) is 9.47 Å². The van der Waals surface area contributed by atoms with E-state index in [1.807, 2.05) is 6.07 Å². The molecular formula is C35H45N7O9. The monoisotopic (exact) mass is 707 g/mol. The minimum absolute atomic E-state index is 0.0299. The number of rotatable bonds is 13. The molecule has 51 heavy (non-hydrogen) atoms. The number of carbonyl (C=O) groups excluding carboxylic acids is 5. The number of hydrogen-bond acceptors (Lipinski definition) is 9. The molecule has 6 rings (SSSR count). The van der Waals surface area contributed by atoms with Gasteiger partial charge in [-0.25, -0.2) is 9.48 Å². The van der Waals surface area contributed by atoms with Crippen LogP contribution >= 0.6 is 0 Å². The summed E-state index contributed by atoms with van der Waals surface area (Å²) in [6.45, 7) is 0.563. The van der Waals surface area contributed by atoms with Gasteiger partial charge < -0.3 is 39.9 Å². The van der Waals surface area contributed by atoms with Gasteiger partial charge in [0.1, 0.15) is 18.2 Å². The largest absolute Gasteiger partial charge is 0.467 e. The molecule has 16 heteroatoms. The number of benzene rings is 1. The first-order valence-electron chi connectivity index (χ1n) is 17.8. The fourth-order valence-corrected chi connectivity index (χ4v) is 6.56. The van der Waals surface area contributed by atoms with E-state index in [0.29, 0.717) is 25.1 Å². The molecule has 4 fully saturated rings. The second-order valence-corrected chi connectivity index (χ2v) is 13.5. The predicted octanol–water partition coefficient (Wildman–Crippen LogP) is 1.71. The van der Waals surface area contributed by atoms with Crippen molar-refractivity contribution in [3.05, 3.63) is 42.1 Å². The van der Waals surface area contributed by atoms with Crippen molar-refractivity contribution >= 4 is 35.7 Å². The third-order valence-corrected chi connectivity index (χ3v) is 10.0. The van der Waals surface area contributed by atoms with Crippen LogP contribution in [0.15, 0.2) is 36.4 Å². The number of piperazine rings is 1. The highest BCUT2D eigenvalue weighted by Crippen LogP contribution is 2.25. The number of amides is 5. The van der Waals surface area contributed by atoms with E-state index in [-0.39, 0.29) is 81.2 Å². The number of aromatic nitrogens is 2. The Kier molecular flexibility index (Phi) is 11.4. The Morgan fingerprint density at radius 3 is 2.24 bits per heavy atom. The number of para-hydroxylation sites is 1. The van der Waals surface area contributed by atoms with Crippen LogP contribution in [0.2, 0.25) is 0 Å². The second kappa shape index (κ2) is 16.2. The highest BCUT2D eigenvalue weighted by Gasteiger charge is 2.36. The lowest BCUT2D eigenvalue weighted by Crippen LogP contribution is -2.55. The molecule has 16 nitrogen and oxygen atoms in total. The summed E-state index contributed by atoms with van der Waals surface area (Å²) in [6, 6.07) is 8.74. The van der Waals surface area contributed by atoms with Gasteiger partial charge in [0.05, 0.1) is 5.69 Å². The molecule has 1 aromatic carbocycles. The molecule has 0 bridgehead atoms. The fraction of sp³-hybridized carbons (Fsp3) is 0.571. The van der Waals surface area contributed by atoms with E-state index >= 15 is 0 Å². The van der Waals surface area contributed by atoms with E-state index in [1.54, 1.807) is 24.3 Å². The Bertz CT molecular complexity index is 1600. The van der Waals surface area contributed by atoms with Crippen molar-refractivity contribution in [3.8, 4) is 11.6 Å². The van der Waals surface area contributed by atoms with Gasteiger partial charge in [-0.2, -0.15) is 5.10 Å². The molecular weight excluding hydrogens is 662 g/mol. The number of hydrogen-bond donors (Lipinski definition) is 3. The molecule has 2 saturated carbocycles. The number of carbonyl (C=O) groups is 6. The Hall–Kier alpha value is -5.15. The van der Waals surface area contributed by atoms with Crippen molar-refractivity contribution in [1.29, 1.82) is 0 Å². The summed E-state index contributed by atoms with van der Waals surface area (Å²) >= 11 is 0. The van der Waals surface area contributed by atoms with Gasteiger partial charge in [-0.15, -0.1) is 0 Å². The van der Waals surface area contributed by atoms with Gasteiger partial charge in [-0.05, 0) is 69.9 Å². The molecule has 0 radical (unpaired) electrons. The number of nitrogens with zero attached hydrogens (tertiary/aromatic N) is 5. The number of esters is 1. The quantitative estimate of drug-likeness (QED) is 0.258. The van der Waals surface area contributed by atoms with E-state index in [1.165, 1.54) is 25.4 Å². The molecule has 2 saturated heterocycles. The third kappa shape index (κ3) is 8.78. The number of carboxylic acid groups (broad SMARTS) is 1. The Morgan fingerprint density at radius 1 is 0.882 bits per heavy atom. The summed E-state index contributed by atoms with van der Waals surface area (Å²) in [5.41, 5.74) is 0.464. The van der Waals surface area contributed by atoms with Crippen LogP contribution in [-0.4, -0.2) is 129 Å². The van der Waals surface area contributed by atoms with Crippen molar-refractivity contribution in [1.82, 2.24) is 35.1 Å². The lowest BCUT2D eigenvalue weighted by molar-refractivity contribution is -0.153. The van der Waals surface area contributed by atoms with Crippen molar-refractivity contribution in [2.45, 2.75) is 88.4 Å². The molecule has 274 valence electrons. The first kappa shape index (κ1) is 35.7. The highest BCUT2D eigenvalue weighted by atomic mass is 16.5. The molecule has 2 aromatic rings. The van der Waals surface area contributed by atoms with E-state index < -0.39 is 36.0 Å². The van der Waals surface area contributed by atoms with Crippen molar-refractivity contribution in [2.24, 2.45) is 0 Å². The number of likely N-dealkylation sites (tertiary alicyclic amines) is 1. The molecule has 3 heterocycles. The summed E-state index contributed by atoms with van der Waals surface area (Å²) in [4.78, 5) is 81.8. The summed E-state index contributed by atoms with van der Waals surface area (Å²) in [6.07, 6.45) is 5.50. The molecule has 2 atom stereocenters. The van der Waals surface area contributed by atoms with Gasteiger partial charge >= 0.3 is 12.1 Å². The first-order valence-corrected chi connectivity index (χ1v) is 17.8. The van der Waals surface area contributed by atoms with Gasteiger partial charge in [0.25, 0.3) is 11.8 Å². The maximum Gasteiger partial charge on any atom is 0.407 e. The second-order valence-electron chi connectivity index (χ2n) is 13.5. The first-order chi connectivity index (χ1) is 24.7. The molecule has 0 unspecified atom stereocenters. The summed E-state index contributed by atoms with van der Waals surface area (Å²) in [7, 11) is 0. The molecule has 0 spiro atoms. The van der Waals surface area contributed by atoms with Gasteiger partial charge in [-0.1, -0.05) is 18.2 Å². The lowest BCUT2D eigenvalue weighted by Gasteiger charge is -2.35. The molecule has 5 amide bonds. The average molecular weight is 708 g/mol. The van der Waals surface area contributed by atoms with Crippen molar-refractivity contribution in [3.63, 3.8) is 0 Å². The molecule has 4 aliphatic rings. The van der Waals surface area contributed by atoms with Gasteiger partial charge in [-0.3, -0.25) is 24.0 Å². The van der Waals surface area contributed by atoms with Crippen LogP contribution in [0, 0.1) is 0 Å². The highest BCUT2D eigenvalue weighted by molar-refractivity contribution is 5.96. The van der Waals surface area contributed by atoms with Gasteiger partial charge in [0.15, 0.2) is 12.3 Å². The molecule has 2 aliphatic carbocycles. The maximum absolute atomic E-state index is 13.7. The standard InChI is InChI=1S/C35H45N7O9/c43-29(41-16-6-13-28(41)33(46)36-23-7-4-8-23)22-50-30-21-27(38-42(30)24-9-2-1-3-10-24)32(45)37-26(14-15-31(44)51-25-11-5-12-25)34(47)39-17-19-40(20-18-39)35(48)49/h1-3,9-10,21,23,25-26,28H,4-8,11-20,22H2,(H,36,46)(H,37,45)(H,48,49)/t26-,28-/m0/s1. The minimum Gasteiger partial charge on any atom is -0.467 e. The van der Waals surface area contributed by atoms with E-state index in [9.17, 15) is 33.9 Å². The van der Waals surface area contributed by atoms with Gasteiger partial charge in [0, 0.05) is 51.3 Å². The topological polar surface area (TPSA) is 193 Å². The Labute approximate surface area is 295 Å². The van der Waals surface area contributed by atoms with Gasteiger partial charge in [0.2, 0.25) is 17.7 Å². The zero-order valence-corrected chi connectivity index (χ0v) is 28.5. The maximum atomic E-state index is 13.7. The Morgan fingerprint density at radius 2 is 1.59 bits per heavy atom. The van der Waals surface area contributed by atoms with Crippen LogP contribution in [0.5, 0.6) is 5.88 Å². The van der Waals surface area contributed by atoms with Crippen molar-refractivity contribution < 1.29 is 43.3 Å². The smallest absolute Gasteiger partial charge is 0.407 e. The van der Waals surface area contributed by atoms with Crippen LogP contribution in [0.25, 0.3) is 5.69 Å². The number of ether oxygens (including phenoxy) is 2. The van der Waals surface area contributed by atoms with Crippen LogP contribution < -0.4 is 15.4 Å². The van der Waals surface area contributed by atoms with E-state index in [2.05, 4.69) is 15.7 Å².